The van der Waals surface area contributed by atoms with Gasteiger partial charge in [0.1, 0.15) is 12.6 Å². The maximum Gasteiger partial charge on any atom is 0.411 e. The van der Waals surface area contributed by atoms with Gasteiger partial charge in [-0.3, -0.25) is 4.79 Å². The third-order valence-electron chi connectivity index (χ3n) is 2.36. The molecule has 8 heteroatoms. The number of aliphatic carboxylic acids is 1. The van der Waals surface area contributed by atoms with Gasteiger partial charge < -0.3 is 14.7 Å². The standard InChI is InChI=1S/C9H12F3NO4/c10-9(11,12)5-17-4-3-13-6(8(15)16)1-2-7(13)14/h6H,1-5H2,(H,15,16). The number of carboxylic acids is 1. The molecule has 5 nitrogen and oxygen atoms in total. The lowest BCUT2D eigenvalue weighted by molar-refractivity contribution is -0.175. The highest BCUT2D eigenvalue weighted by molar-refractivity contribution is 5.87. The molecule has 1 atom stereocenters. The third kappa shape index (κ3) is 4.22. The topological polar surface area (TPSA) is 66.8 Å². The first-order chi connectivity index (χ1) is 7.81. The Hall–Kier alpha value is -1.31. The van der Waals surface area contributed by atoms with Gasteiger partial charge in [-0.2, -0.15) is 13.2 Å². The van der Waals surface area contributed by atoms with Crippen LogP contribution in [-0.2, 0) is 14.3 Å². The predicted molar refractivity (Wildman–Crippen MR) is 49.2 cm³/mol. The van der Waals surface area contributed by atoms with E-state index in [-0.39, 0.29) is 31.9 Å². The molecule has 1 unspecified atom stereocenters. The number of likely N-dealkylation sites (tertiary alicyclic amines) is 1. The summed E-state index contributed by atoms with van der Waals surface area (Å²) in [5.41, 5.74) is 0. The van der Waals surface area contributed by atoms with E-state index in [1.165, 1.54) is 0 Å². The predicted octanol–water partition coefficient (Wildman–Crippen LogP) is 0.641. The molecular weight excluding hydrogens is 243 g/mol. The quantitative estimate of drug-likeness (QED) is 0.732. The SMILES string of the molecule is O=C(O)C1CCC(=O)N1CCOCC(F)(F)F. The molecule has 0 aliphatic carbocycles. The minimum absolute atomic E-state index is 0.107. The Morgan fingerprint density at radius 1 is 1.53 bits per heavy atom. The summed E-state index contributed by atoms with van der Waals surface area (Å²) in [4.78, 5) is 23.0. The Bertz CT molecular complexity index is 305. The molecule has 1 saturated heterocycles. The van der Waals surface area contributed by atoms with Gasteiger partial charge in [0.25, 0.3) is 0 Å². The summed E-state index contributed by atoms with van der Waals surface area (Å²) in [5.74, 6) is -1.51. The largest absolute Gasteiger partial charge is 0.480 e. The molecule has 17 heavy (non-hydrogen) atoms. The molecule has 0 aromatic heterocycles. The summed E-state index contributed by atoms with van der Waals surface area (Å²) in [5, 5.41) is 8.77. The van der Waals surface area contributed by atoms with Crippen LogP contribution in [0.25, 0.3) is 0 Å². The van der Waals surface area contributed by atoms with Crippen molar-refractivity contribution >= 4 is 11.9 Å². The maximum absolute atomic E-state index is 11.7. The second-order valence-corrected chi connectivity index (χ2v) is 3.65. The molecule has 0 saturated carbocycles. The fraction of sp³-hybridized carbons (Fsp3) is 0.778. The molecule has 0 spiro atoms. The van der Waals surface area contributed by atoms with Crippen molar-refractivity contribution in [2.45, 2.75) is 25.1 Å². The molecule has 1 N–H and O–H groups in total. The summed E-state index contributed by atoms with van der Waals surface area (Å²) < 4.78 is 39.5. The highest BCUT2D eigenvalue weighted by atomic mass is 19.4. The molecule has 1 heterocycles. The zero-order valence-electron chi connectivity index (χ0n) is 8.87. The monoisotopic (exact) mass is 255 g/mol. The van der Waals surface area contributed by atoms with Crippen LogP contribution in [0.15, 0.2) is 0 Å². The fourth-order valence-electron chi connectivity index (χ4n) is 1.62. The van der Waals surface area contributed by atoms with Crippen LogP contribution in [0.2, 0.25) is 0 Å². The smallest absolute Gasteiger partial charge is 0.411 e. The number of rotatable bonds is 5. The van der Waals surface area contributed by atoms with Crippen molar-refractivity contribution in [1.29, 1.82) is 0 Å². The van der Waals surface area contributed by atoms with Gasteiger partial charge in [-0.25, -0.2) is 4.79 Å². The number of alkyl halides is 3. The Morgan fingerprint density at radius 3 is 2.71 bits per heavy atom. The molecule has 98 valence electrons. The van der Waals surface area contributed by atoms with E-state index in [1.54, 1.807) is 0 Å². The summed E-state index contributed by atoms with van der Waals surface area (Å²) in [6, 6.07) is -0.947. The van der Waals surface area contributed by atoms with Gasteiger partial charge in [0, 0.05) is 13.0 Å². The van der Waals surface area contributed by atoms with E-state index in [0.29, 0.717) is 0 Å². The normalized spacial score (nSPS) is 21.0. The maximum atomic E-state index is 11.7. The van der Waals surface area contributed by atoms with Gasteiger partial charge in [-0.1, -0.05) is 0 Å². The van der Waals surface area contributed by atoms with Crippen molar-refractivity contribution in [3.05, 3.63) is 0 Å². The van der Waals surface area contributed by atoms with Crippen molar-refractivity contribution < 1.29 is 32.6 Å². The van der Waals surface area contributed by atoms with Crippen LogP contribution in [0.3, 0.4) is 0 Å². The molecule has 1 fully saturated rings. The van der Waals surface area contributed by atoms with Crippen molar-refractivity contribution in [2.24, 2.45) is 0 Å². The lowest BCUT2D eigenvalue weighted by Crippen LogP contribution is -2.40. The number of ether oxygens (including phenoxy) is 1. The Labute approximate surface area is 95.1 Å². The van der Waals surface area contributed by atoms with Crippen LogP contribution in [0, 0.1) is 0 Å². The molecule has 0 bridgehead atoms. The van der Waals surface area contributed by atoms with Crippen LogP contribution in [-0.4, -0.2) is 53.9 Å². The average molecular weight is 255 g/mol. The number of carbonyl (C=O) groups excluding carboxylic acids is 1. The fourth-order valence-corrected chi connectivity index (χ4v) is 1.62. The molecule has 0 aromatic carbocycles. The van der Waals surface area contributed by atoms with Crippen molar-refractivity contribution in [3.63, 3.8) is 0 Å². The Morgan fingerprint density at radius 2 is 2.18 bits per heavy atom. The molecule has 1 amide bonds. The second kappa shape index (κ2) is 5.35. The molecule has 1 rings (SSSR count). The number of hydrogen-bond donors (Lipinski definition) is 1. The van der Waals surface area contributed by atoms with E-state index < -0.39 is 24.8 Å². The zero-order chi connectivity index (χ0) is 13.1. The van der Waals surface area contributed by atoms with E-state index in [4.69, 9.17) is 5.11 Å². The molecular formula is C9H12F3NO4. The Kier molecular flexibility index (Phi) is 4.33. The van der Waals surface area contributed by atoms with Crippen molar-refractivity contribution in [1.82, 2.24) is 4.90 Å². The molecule has 0 radical (unpaired) electrons. The van der Waals surface area contributed by atoms with Crippen LogP contribution >= 0.6 is 0 Å². The number of amides is 1. The number of halogens is 3. The summed E-state index contributed by atoms with van der Waals surface area (Å²) >= 11 is 0. The van der Waals surface area contributed by atoms with Gasteiger partial charge in [-0.05, 0) is 6.42 Å². The van der Waals surface area contributed by atoms with Crippen LogP contribution in [0.4, 0.5) is 13.2 Å². The van der Waals surface area contributed by atoms with E-state index in [0.717, 1.165) is 4.90 Å². The lowest BCUT2D eigenvalue weighted by atomic mass is 10.2. The van der Waals surface area contributed by atoms with E-state index in [9.17, 15) is 22.8 Å². The van der Waals surface area contributed by atoms with Gasteiger partial charge in [-0.15, -0.1) is 0 Å². The summed E-state index contributed by atoms with van der Waals surface area (Å²) in [6.45, 7) is -1.85. The average Bonchev–Trinajstić information content (AvgIpc) is 2.53. The molecule has 0 aromatic rings. The van der Waals surface area contributed by atoms with Gasteiger partial charge >= 0.3 is 12.1 Å². The van der Waals surface area contributed by atoms with Crippen LogP contribution < -0.4 is 0 Å². The lowest BCUT2D eigenvalue weighted by Gasteiger charge is -2.21. The Balaban J connectivity index is 2.34. The van der Waals surface area contributed by atoms with Crippen molar-refractivity contribution in [2.75, 3.05) is 19.8 Å². The first-order valence-corrected chi connectivity index (χ1v) is 4.98. The van der Waals surface area contributed by atoms with Crippen LogP contribution in [0.1, 0.15) is 12.8 Å². The third-order valence-corrected chi connectivity index (χ3v) is 2.36. The first-order valence-electron chi connectivity index (χ1n) is 4.98. The van der Waals surface area contributed by atoms with Crippen LogP contribution in [0.5, 0.6) is 0 Å². The summed E-state index contributed by atoms with van der Waals surface area (Å²) in [7, 11) is 0. The zero-order valence-corrected chi connectivity index (χ0v) is 8.87. The highest BCUT2D eigenvalue weighted by Crippen LogP contribution is 2.19. The van der Waals surface area contributed by atoms with E-state index >= 15 is 0 Å². The number of nitrogens with zero attached hydrogens (tertiary/aromatic N) is 1. The van der Waals surface area contributed by atoms with Gasteiger partial charge in [0.15, 0.2) is 0 Å². The second-order valence-electron chi connectivity index (χ2n) is 3.65. The van der Waals surface area contributed by atoms with E-state index in [1.807, 2.05) is 0 Å². The van der Waals surface area contributed by atoms with E-state index in [2.05, 4.69) is 4.74 Å². The van der Waals surface area contributed by atoms with Crippen molar-refractivity contribution in [3.8, 4) is 0 Å². The molecule has 1 aliphatic rings. The first kappa shape index (κ1) is 13.8. The van der Waals surface area contributed by atoms with Gasteiger partial charge in [0.05, 0.1) is 6.61 Å². The minimum Gasteiger partial charge on any atom is -0.480 e. The highest BCUT2D eigenvalue weighted by Gasteiger charge is 2.35. The van der Waals surface area contributed by atoms with Gasteiger partial charge in [0.2, 0.25) is 5.91 Å². The number of hydrogen-bond acceptors (Lipinski definition) is 3. The minimum atomic E-state index is -4.42. The summed E-state index contributed by atoms with van der Waals surface area (Å²) in [6.07, 6.45) is -4.12. The molecule has 1 aliphatic heterocycles. The number of carboxylic acid groups (broad SMARTS) is 1. The number of carbonyl (C=O) groups is 2.